The number of hydrogen-bond donors (Lipinski definition) is 0. The van der Waals surface area contributed by atoms with Gasteiger partial charge in [0.2, 0.25) is 0 Å². The standard InChI is InChI=1S/3C13H19NO3/c1-4-16-12(15)11-10-5-6-17-13(2,3)7-9(10)8-14-11;1-4-16-12(15)11-10-5-6-13(2,3)17-8-9(10)7-14-11;1-4-16-12(15)11-10-7-13(2,3)17-6-5-9(10)8-14-11/h3*4-8H2,1-3H3. The van der Waals surface area contributed by atoms with E-state index in [1.54, 1.807) is 0 Å². The Morgan fingerprint density at radius 2 is 1.00 bits per heavy atom. The van der Waals surface area contributed by atoms with Crippen LogP contribution in [0.4, 0.5) is 0 Å². The van der Waals surface area contributed by atoms with E-state index in [2.05, 4.69) is 42.7 Å². The van der Waals surface area contributed by atoms with Crippen molar-refractivity contribution in [3.63, 3.8) is 0 Å². The minimum absolute atomic E-state index is 0.121. The van der Waals surface area contributed by atoms with Crippen molar-refractivity contribution < 1.29 is 42.8 Å². The second kappa shape index (κ2) is 17.4. The molecule has 0 bridgehead atoms. The van der Waals surface area contributed by atoms with Crippen LogP contribution in [-0.4, -0.2) is 111 Å². The Hall–Kier alpha value is -3.48. The largest absolute Gasteiger partial charge is 0.461 e. The number of ether oxygens (including phenoxy) is 6. The molecular weight excluding hydrogens is 654 g/mol. The van der Waals surface area contributed by atoms with Crippen molar-refractivity contribution in [3.8, 4) is 0 Å². The molecule has 0 fully saturated rings. The summed E-state index contributed by atoms with van der Waals surface area (Å²) in [6.07, 6.45) is 4.96. The van der Waals surface area contributed by atoms with Crippen LogP contribution in [0.15, 0.2) is 48.4 Å². The van der Waals surface area contributed by atoms with E-state index in [9.17, 15) is 14.4 Å². The first kappa shape index (κ1) is 40.3. The maximum atomic E-state index is 11.8. The number of carbonyl (C=O) groups excluding carboxylic acids is 3. The molecule has 0 unspecified atom stereocenters. The molecule has 0 amide bonds. The maximum Gasteiger partial charge on any atom is 0.356 e. The third kappa shape index (κ3) is 10.8. The molecule has 0 spiro atoms. The summed E-state index contributed by atoms with van der Waals surface area (Å²) in [6, 6.07) is 0. The number of nitrogens with zero attached hydrogens (tertiary/aromatic N) is 3. The molecule has 6 rings (SSSR count). The Morgan fingerprint density at radius 1 is 0.549 bits per heavy atom. The lowest BCUT2D eigenvalue weighted by atomic mass is 9.93. The summed E-state index contributed by atoms with van der Waals surface area (Å²) in [5.41, 5.74) is 7.80. The van der Waals surface area contributed by atoms with E-state index in [1.165, 1.54) is 11.1 Å². The Morgan fingerprint density at radius 3 is 1.55 bits per heavy atom. The number of hydrogen-bond acceptors (Lipinski definition) is 12. The van der Waals surface area contributed by atoms with E-state index >= 15 is 0 Å². The molecule has 51 heavy (non-hydrogen) atoms. The lowest BCUT2D eigenvalue weighted by Crippen LogP contribution is -2.27. The zero-order valence-corrected chi connectivity index (χ0v) is 32.1. The average Bonchev–Trinajstić information content (AvgIpc) is 3.68. The van der Waals surface area contributed by atoms with Crippen LogP contribution in [0, 0.1) is 0 Å². The van der Waals surface area contributed by atoms with E-state index in [0.717, 1.165) is 60.8 Å². The van der Waals surface area contributed by atoms with Crippen molar-refractivity contribution in [2.45, 2.75) is 118 Å². The average molecular weight is 712 g/mol. The lowest BCUT2D eigenvalue weighted by Gasteiger charge is -2.24. The lowest BCUT2D eigenvalue weighted by molar-refractivity contribution is -0.135. The number of aliphatic imine (C=N–C) groups is 3. The first-order valence-corrected chi connectivity index (χ1v) is 18.3. The highest BCUT2D eigenvalue weighted by molar-refractivity contribution is 6.45. The molecule has 6 aliphatic rings. The maximum absolute atomic E-state index is 11.8. The first-order valence-electron chi connectivity index (χ1n) is 18.3. The van der Waals surface area contributed by atoms with Crippen LogP contribution in [-0.2, 0) is 42.8 Å². The van der Waals surface area contributed by atoms with Gasteiger partial charge in [0.15, 0.2) is 0 Å². The fraction of sp³-hybridized carbons (Fsp3) is 0.692. The van der Waals surface area contributed by atoms with Gasteiger partial charge in [-0.15, -0.1) is 0 Å². The van der Waals surface area contributed by atoms with Crippen LogP contribution in [0.1, 0.15) is 101 Å². The molecule has 282 valence electrons. The molecule has 0 aromatic carbocycles. The number of rotatable bonds is 6. The van der Waals surface area contributed by atoms with Gasteiger partial charge >= 0.3 is 17.9 Å². The molecule has 0 saturated heterocycles. The first-order chi connectivity index (χ1) is 24.1. The Balaban J connectivity index is 0.000000172. The monoisotopic (exact) mass is 711 g/mol. The summed E-state index contributed by atoms with van der Waals surface area (Å²) in [7, 11) is 0. The van der Waals surface area contributed by atoms with Crippen molar-refractivity contribution in [2.75, 3.05) is 59.3 Å². The summed E-state index contributed by atoms with van der Waals surface area (Å²) in [4.78, 5) is 48.2. The molecule has 0 saturated carbocycles. The zero-order chi connectivity index (χ0) is 37.4. The molecule has 12 heteroatoms. The van der Waals surface area contributed by atoms with Crippen LogP contribution in [0.3, 0.4) is 0 Å². The molecule has 0 radical (unpaired) electrons. The highest BCUT2D eigenvalue weighted by Crippen LogP contribution is 2.34. The normalized spacial score (nSPS) is 22.9. The Kier molecular flexibility index (Phi) is 13.7. The minimum atomic E-state index is -0.296. The minimum Gasteiger partial charge on any atom is -0.461 e. The molecule has 0 aromatic heterocycles. The third-order valence-corrected chi connectivity index (χ3v) is 9.43. The summed E-state index contributed by atoms with van der Waals surface area (Å²) in [6.45, 7) is 22.8. The van der Waals surface area contributed by atoms with Crippen LogP contribution < -0.4 is 0 Å². The van der Waals surface area contributed by atoms with E-state index in [0.29, 0.717) is 76.4 Å². The smallest absolute Gasteiger partial charge is 0.356 e. The molecule has 0 aromatic rings. The van der Waals surface area contributed by atoms with Crippen LogP contribution in [0.5, 0.6) is 0 Å². The highest BCUT2D eigenvalue weighted by Gasteiger charge is 2.35. The van der Waals surface area contributed by atoms with Gasteiger partial charge in [-0.3, -0.25) is 15.0 Å². The van der Waals surface area contributed by atoms with E-state index in [1.807, 2.05) is 34.6 Å². The van der Waals surface area contributed by atoms with Gasteiger partial charge < -0.3 is 28.4 Å². The fourth-order valence-corrected chi connectivity index (χ4v) is 6.79. The fourth-order valence-electron chi connectivity index (χ4n) is 6.79. The van der Waals surface area contributed by atoms with Gasteiger partial charge in [-0.2, -0.15) is 0 Å². The molecule has 0 atom stereocenters. The molecule has 0 aliphatic carbocycles. The Bertz CT molecular complexity index is 1540. The number of carbonyl (C=O) groups is 3. The molecule has 0 N–H and O–H groups in total. The van der Waals surface area contributed by atoms with Gasteiger partial charge in [0.25, 0.3) is 0 Å². The van der Waals surface area contributed by atoms with Crippen molar-refractivity contribution >= 4 is 35.0 Å². The second-order valence-electron chi connectivity index (χ2n) is 15.0. The Labute approximate surface area is 302 Å². The predicted octanol–water partition coefficient (Wildman–Crippen LogP) is 5.67. The highest BCUT2D eigenvalue weighted by atomic mass is 16.5. The summed E-state index contributed by atoms with van der Waals surface area (Å²) in [5.74, 6) is -0.885. The second-order valence-corrected chi connectivity index (χ2v) is 15.0. The zero-order valence-electron chi connectivity index (χ0n) is 32.1. The molecular formula is C39H57N3O9. The summed E-state index contributed by atoms with van der Waals surface area (Å²) < 4.78 is 32.4. The molecule has 6 aliphatic heterocycles. The van der Waals surface area contributed by atoms with Crippen molar-refractivity contribution in [1.29, 1.82) is 0 Å². The van der Waals surface area contributed by atoms with Gasteiger partial charge in [0.05, 0.1) is 76.1 Å². The van der Waals surface area contributed by atoms with Crippen molar-refractivity contribution in [3.05, 3.63) is 33.4 Å². The predicted molar refractivity (Wildman–Crippen MR) is 196 cm³/mol. The third-order valence-electron chi connectivity index (χ3n) is 9.43. The molecule has 6 heterocycles. The van der Waals surface area contributed by atoms with E-state index in [-0.39, 0.29) is 34.7 Å². The van der Waals surface area contributed by atoms with Crippen LogP contribution in [0.25, 0.3) is 0 Å². The van der Waals surface area contributed by atoms with E-state index < -0.39 is 0 Å². The molecule has 12 nitrogen and oxygen atoms in total. The van der Waals surface area contributed by atoms with Crippen LogP contribution >= 0.6 is 0 Å². The summed E-state index contributed by atoms with van der Waals surface area (Å²) >= 11 is 0. The van der Waals surface area contributed by atoms with Gasteiger partial charge in [-0.25, -0.2) is 14.4 Å². The summed E-state index contributed by atoms with van der Waals surface area (Å²) in [5, 5.41) is 0. The quantitative estimate of drug-likeness (QED) is 0.252. The SMILES string of the molecule is CCOC(=O)C1=NCC2=C1CC(C)(C)OCC2.CCOC(=O)C1=NCC2=C1CCC(C)(C)OC2.CCOC(=O)C1=NCC2=C1CCOC(C)(C)C2. The number of esters is 3. The van der Waals surface area contributed by atoms with E-state index in [4.69, 9.17) is 28.4 Å². The topological polar surface area (TPSA) is 144 Å². The van der Waals surface area contributed by atoms with Gasteiger partial charge in [0.1, 0.15) is 17.1 Å². The van der Waals surface area contributed by atoms with Crippen molar-refractivity contribution in [2.24, 2.45) is 15.0 Å². The van der Waals surface area contributed by atoms with Gasteiger partial charge in [-0.1, -0.05) is 0 Å². The van der Waals surface area contributed by atoms with Crippen molar-refractivity contribution in [1.82, 2.24) is 0 Å². The van der Waals surface area contributed by atoms with Gasteiger partial charge in [-0.05, 0) is 128 Å². The van der Waals surface area contributed by atoms with Gasteiger partial charge in [0, 0.05) is 6.42 Å². The van der Waals surface area contributed by atoms with Crippen LogP contribution in [0.2, 0.25) is 0 Å².